The van der Waals surface area contributed by atoms with Crippen LogP contribution in [0.1, 0.15) is 25.1 Å². The molecule has 0 spiro atoms. The molecule has 0 saturated carbocycles. The second-order valence-corrected chi connectivity index (χ2v) is 7.58. The van der Waals surface area contributed by atoms with E-state index in [-0.39, 0.29) is 17.5 Å². The number of nitrogens with one attached hydrogen (secondary N) is 2. The van der Waals surface area contributed by atoms with Crippen molar-refractivity contribution in [1.29, 1.82) is 0 Å². The molecule has 0 radical (unpaired) electrons. The average Bonchev–Trinajstić information content (AvgIpc) is 2.66. The second-order valence-electron chi connectivity index (χ2n) is 6.67. The Labute approximate surface area is 160 Å². The van der Waals surface area contributed by atoms with Crippen LogP contribution in [0.3, 0.4) is 0 Å². The molecule has 1 amide bonds. The highest BCUT2D eigenvalue weighted by Crippen LogP contribution is 2.26. The third kappa shape index (κ3) is 4.13. The van der Waals surface area contributed by atoms with Crippen LogP contribution in [0.5, 0.6) is 0 Å². The Morgan fingerprint density at radius 1 is 1.35 bits per heavy atom. The summed E-state index contributed by atoms with van der Waals surface area (Å²) in [6.45, 7) is 5.95. The molecule has 2 heterocycles. The van der Waals surface area contributed by atoms with Gasteiger partial charge in [0.1, 0.15) is 0 Å². The highest BCUT2D eigenvalue weighted by Gasteiger charge is 2.21. The van der Waals surface area contributed by atoms with E-state index in [1.807, 2.05) is 31.0 Å². The number of amides is 1. The van der Waals surface area contributed by atoms with Gasteiger partial charge in [-0.25, -0.2) is 5.10 Å². The number of benzene rings is 1. The largest absolute Gasteiger partial charge is 0.340 e. The molecule has 7 nitrogen and oxygen atoms in total. The molecule has 1 aliphatic rings. The minimum absolute atomic E-state index is 0.0283. The maximum Gasteiger partial charge on any atom is 0.272 e. The number of nitrogens with zero attached hydrogens (tertiary/aromatic N) is 3. The summed E-state index contributed by atoms with van der Waals surface area (Å²) in [5, 5.41) is 11.6. The molecule has 1 aliphatic heterocycles. The Morgan fingerprint density at radius 3 is 2.81 bits per heavy atom. The molecule has 1 fully saturated rings. The Hall–Kier alpha value is -1.77. The van der Waals surface area contributed by atoms with E-state index >= 15 is 0 Å². The van der Waals surface area contributed by atoms with Crippen LogP contribution in [0.15, 0.2) is 27.5 Å². The summed E-state index contributed by atoms with van der Waals surface area (Å²) in [7, 11) is 1.98. The fraction of sp³-hybridized carbons (Fsp3) is 0.500. The van der Waals surface area contributed by atoms with Crippen LogP contribution in [0.25, 0.3) is 10.8 Å². The zero-order valence-electron chi connectivity index (χ0n) is 15.1. The minimum atomic E-state index is -0.194. The van der Waals surface area contributed by atoms with Crippen molar-refractivity contribution in [2.45, 2.75) is 19.4 Å². The first kappa shape index (κ1) is 19.0. The maximum atomic E-state index is 12.4. The van der Waals surface area contributed by atoms with Crippen molar-refractivity contribution < 1.29 is 4.79 Å². The van der Waals surface area contributed by atoms with Crippen molar-refractivity contribution in [3.8, 4) is 0 Å². The van der Waals surface area contributed by atoms with Gasteiger partial charge in [0.05, 0.1) is 17.1 Å². The van der Waals surface area contributed by atoms with Gasteiger partial charge in [-0.05, 0) is 32.2 Å². The van der Waals surface area contributed by atoms with E-state index in [0.717, 1.165) is 41.7 Å². The zero-order chi connectivity index (χ0) is 18.7. The highest BCUT2D eigenvalue weighted by atomic mass is 79.9. The number of aromatic amines is 1. The van der Waals surface area contributed by atoms with Crippen LogP contribution in [-0.4, -0.2) is 65.7 Å². The van der Waals surface area contributed by atoms with Crippen molar-refractivity contribution in [3.63, 3.8) is 0 Å². The molecular formula is C18H24BrN5O2. The normalized spacial score (nSPS) is 16.2. The van der Waals surface area contributed by atoms with Crippen molar-refractivity contribution in [2.24, 2.45) is 0 Å². The van der Waals surface area contributed by atoms with Gasteiger partial charge in [-0.3, -0.25) is 14.5 Å². The third-order valence-corrected chi connectivity index (χ3v) is 5.48. The molecule has 1 aromatic carbocycles. The van der Waals surface area contributed by atoms with Crippen LogP contribution in [-0.2, 0) is 4.79 Å². The molecule has 26 heavy (non-hydrogen) atoms. The predicted octanol–water partition coefficient (Wildman–Crippen LogP) is 1.50. The van der Waals surface area contributed by atoms with E-state index in [0.29, 0.717) is 18.4 Å². The third-order valence-electron chi connectivity index (χ3n) is 4.99. The Balaban J connectivity index is 1.72. The lowest BCUT2D eigenvalue weighted by molar-refractivity contribution is -0.132. The molecule has 0 bridgehead atoms. The van der Waals surface area contributed by atoms with Gasteiger partial charge in [0.25, 0.3) is 5.56 Å². The van der Waals surface area contributed by atoms with Crippen LogP contribution in [0.2, 0.25) is 0 Å². The smallest absolute Gasteiger partial charge is 0.272 e. The molecule has 1 unspecified atom stereocenters. The van der Waals surface area contributed by atoms with Crippen LogP contribution in [0, 0.1) is 0 Å². The summed E-state index contributed by atoms with van der Waals surface area (Å²) in [6, 6.07) is 5.54. The van der Waals surface area contributed by atoms with E-state index in [1.54, 1.807) is 6.07 Å². The van der Waals surface area contributed by atoms with E-state index in [2.05, 4.69) is 36.3 Å². The minimum Gasteiger partial charge on any atom is -0.340 e. The molecule has 2 aromatic rings. The molecule has 1 atom stereocenters. The van der Waals surface area contributed by atoms with Gasteiger partial charge in [0.2, 0.25) is 5.91 Å². The summed E-state index contributed by atoms with van der Waals surface area (Å²) in [5.41, 5.74) is 0.609. The van der Waals surface area contributed by atoms with E-state index in [9.17, 15) is 9.59 Å². The Kier molecular flexibility index (Phi) is 6.05. The first-order chi connectivity index (χ1) is 12.5. The number of aromatic nitrogens is 2. The Bertz CT molecular complexity index is 847. The van der Waals surface area contributed by atoms with Gasteiger partial charge in [0.15, 0.2) is 0 Å². The summed E-state index contributed by atoms with van der Waals surface area (Å²) >= 11 is 3.46. The lowest BCUT2D eigenvalue weighted by atomic mass is 10.1. The molecule has 2 N–H and O–H groups in total. The fourth-order valence-corrected chi connectivity index (χ4v) is 3.58. The lowest BCUT2D eigenvalue weighted by Gasteiger charge is -2.29. The second kappa shape index (κ2) is 8.28. The summed E-state index contributed by atoms with van der Waals surface area (Å²) in [6.07, 6.45) is 0.478. The van der Waals surface area contributed by atoms with E-state index < -0.39 is 0 Å². The monoisotopic (exact) mass is 421 g/mol. The molecule has 1 aromatic heterocycles. The first-order valence-corrected chi connectivity index (χ1v) is 9.63. The number of piperazine rings is 1. The number of H-pyrrole nitrogens is 1. The van der Waals surface area contributed by atoms with E-state index in [1.165, 1.54) is 0 Å². The van der Waals surface area contributed by atoms with Gasteiger partial charge < -0.3 is 10.2 Å². The quantitative estimate of drug-likeness (QED) is 0.764. The van der Waals surface area contributed by atoms with Crippen molar-refractivity contribution in [2.75, 3.05) is 39.8 Å². The first-order valence-electron chi connectivity index (χ1n) is 8.84. The number of hydrogen-bond donors (Lipinski definition) is 2. The van der Waals surface area contributed by atoms with Gasteiger partial charge in [0, 0.05) is 49.0 Å². The lowest BCUT2D eigenvalue weighted by Crippen LogP contribution is -2.47. The fourth-order valence-electron chi connectivity index (χ4n) is 3.22. The zero-order valence-corrected chi connectivity index (χ0v) is 16.7. The molecule has 0 aliphatic carbocycles. The van der Waals surface area contributed by atoms with Crippen LogP contribution < -0.4 is 10.9 Å². The van der Waals surface area contributed by atoms with Gasteiger partial charge in [-0.1, -0.05) is 15.9 Å². The summed E-state index contributed by atoms with van der Waals surface area (Å²) < 4.78 is 0.905. The van der Waals surface area contributed by atoms with Crippen molar-refractivity contribution in [1.82, 2.24) is 25.3 Å². The van der Waals surface area contributed by atoms with Crippen LogP contribution >= 0.6 is 15.9 Å². The van der Waals surface area contributed by atoms with E-state index in [4.69, 9.17) is 0 Å². The van der Waals surface area contributed by atoms with Crippen molar-refractivity contribution in [3.05, 3.63) is 38.7 Å². The topological polar surface area (TPSA) is 81.3 Å². The Morgan fingerprint density at radius 2 is 2.08 bits per heavy atom. The standard InChI is InChI=1S/C18H24BrN5O2/c1-12(23(2)8-5-16(25)24-9-6-20-7-10-24)17-15-11-13(19)3-4-14(15)18(26)22-21-17/h3-4,11-12,20H,5-10H2,1-2H3,(H,22,26). The molecule has 8 heteroatoms. The molecule has 3 rings (SSSR count). The predicted molar refractivity (Wildman–Crippen MR) is 105 cm³/mol. The van der Waals surface area contributed by atoms with Crippen LogP contribution in [0.4, 0.5) is 0 Å². The number of carbonyl (C=O) groups is 1. The average molecular weight is 422 g/mol. The van der Waals surface area contributed by atoms with Gasteiger partial charge in [-0.15, -0.1) is 0 Å². The number of carbonyl (C=O) groups excluding carboxylic acids is 1. The maximum absolute atomic E-state index is 12.4. The SMILES string of the molecule is CC(c1n[nH]c(=O)c2ccc(Br)cc12)N(C)CCC(=O)N1CCNCC1. The number of halogens is 1. The molecule has 140 valence electrons. The summed E-state index contributed by atoms with van der Waals surface area (Å²) in [4.78, 5) is 28.4. The van der Waals surface area contributed by atoms with Gasteiger partial charge in [-0.2, -0.15) is 5.10 Å². The van der Waals surface area contributed by atoms with Gasteiger partial charge >= 0.3 is 0 Å². The van der Waals surface area contributed by atoms with Crippen molar-refractivity contribution >= 4 is 32.6 Å². The number of rotatable bonds is 5. The summed E-state index contributed by atoms with van der Waals surface area (Å²) in [5.74, 6) is 0.188. The number of hydrogen-bond acceptors (Lipinski definition) is 5. The highest BCUT2D eigenvalue weighted by molar-refractivity contribution is 9.10. The number of fused-ring (bicyclic) bond motifs is 1. The molecule has 1 saturated heterocycles. The molecular weight excluding hydrogens is 398 g/mol.